The third kappa shape index (κ3) is 3.03. The molecule has 1 aliphatic carbocycles. The molecule has 29 heavy (non-hydrogen) atoms. The second-order valence-corrected chi connectivity index (χ2v) is 7.81. The zero-order chi connectivity index (χ0) is 19.8. The van der Waals surface area contributed by atoms with E-state index in [1.165, 1.54) is 12.4 Å². The maximum absolute atomic E-state index is 13.0. The van der Waals surface area contributed by atoms with Crippen LogP contribution >= 0.6 is 0 Å². The van der Waals surface area contributed by atoms with Crippen molar-refractivity contribution >= 4 is 5.91 Å². The van der Waals surface area contributed by atoms with E-state index in [4.69, 9.17) is 4.98 Å². The van der Waals surface area contributed by atoms with Crippen LogP contribution in [0, 0.1) is 0 Å². The summed E-state index contributed by atoms with van der Waals surface area (Å²) in [5, 5.41) is 0. The Morgan fingerprint density at radius 3 is 2.83 bits per heavy atom. The molecule has 1 saturated heterocycles. The summed E-state index contributed by atoms with van der Waals surface area (Å²) < 4.78 is 0. The smallest absolute Gasteiger partial charge is 0.279 e. The Labute approximate surface area is 167 Å². The van der Waals surface area contributed by atoms with Crippen LogP contribution in [0.5, 0.6) is 0 Å². The van der Waals surface area contributed by atoms with Gasteiger partial charge in [-0.15, -0.1) is 0 Å². The number of benzene rings is 1. The van der Waals surface area contributed by atoms with Crippen molar-refractivity contribution in [3.63, 3.8) is 0 Å². The number of rotatable bonds is 2. The lowest BCUT2D eigenvalue weighted by molar-refractivity contribution is 0.0625. The van der Waals surface area contributed by atoms with Gasteiger partial charge in [0.2, 0.25) is 0 Å². The molecule has 146 valence electrons. The molecular formula is C22H21N5O2. The number of nitrogens with zero attached hydrogens (tertiary/aromatic N) is 4. The first-order valence-corrected chi connectivity index (χ1v) is 9.91. The molecule has 3 heterocycles. The number of likely N-dealkylation sites (tertiary alicyclic amines) is 1. The lowest BCUT2D eigenvalue weighted by Gasteiger charge is -2.40. The first-order chi connectivity index (χ1) is 14.2. The molecule has 1 aliphatic heterocycles. The Balaban J connectivity index is 1.49. The zero-order valence-corrected chi connectivity index (χ0v) is 16.0. The van der Waals surface area contributed by atoms with Gasteiger partial charge in [0.05, 0.1) is 5.69 Å². The summed E-state index contributed by atoms with van der Waals surface area (Å²) in [5.41, 5.74) is 2.53. The molecule has 0 saturated carbocycles. The Bertz CT molecular complexity index is 1120. The summed E-state index contributed by atoms with van der Waals surface area (Å²) in [6.45, 7) is 1.18. The van der Waals surface area contributed by atoms with Crippen LogP contribution in [0.1, 0.15) is 41.0 Å². The van der Waals surface area contributed by atoms with Gasteiger partial charge in [0.1, 0.15) is 0 Å². The van der Waals surface area contributed by atoms with E-state index < -0.39 is 5.56 Å². The summed E-state index contributed by atoms with van der Waals surface area (Å²) in [7, 11) is 0. The molecule has 0 radical (unpaired) electrons. The monoisotopic (exact) mass is 387 g/mol. The van der Waals surface area contributed by atoms with Crippen molar-refractivity contribution in [2.75, 3.05) is 13.1 Å². The topological polar surface area (TPSA) is 91.8 Å². The van der Waals surface area contributed by atoms with E-state index in [0.717, 1.165) is 48.3 Å². The number of aromatic amines is 1. The molecule has 1 amide bonds. The zero-order valence-electron chi connectivity index (χ0n) is 16.0. The summed E-state index contributed by atoms with van der Waals surface area (Å²) in [4.78, 5) is 42.8. The van der Waals surface area contributed by atoms with E-state index in [-0.39, 0.29) is 17.0 Å². The summed E-state index contributed by atoms with van der Waals surface area (Å²) in [5.74, 6) is 0.409. The Morgan fingerprint density at radius 1 is 1.14 bits per heavy atom. The Hall–Kier alpha value is -3.35. The molecule has 5 rings (SSSR count). The molecule has 3 aromatic rings. The van der Waals surface area contributed by atoms with Gasteiger partial charge >= 0.3 is 0 Å². The SMILES string of the molecule is O=C(c1ncc[nH]c1=O)N1CCCC2(CCc3cnc(-c4ccccc4)nc32)C1. The normalized spacial score (nSPS) is 20.6. The van der Waals surface area contributed by atoms with Crippen LogP contribution in [0.25, 0.3) is 11.4 Å². The maximum atomic E-state index is 13.0. The third-order valence-corrected chi connectivity index (χ3v) is 6.05. The number of hydrogen-bond acceptors (Lipinski definition) is 5. The van der Waals surface area contributed by atoms with Gasteiger partial charge in [-0.25, -0.2) is 15.0 Å². The van der Waals surface area contributed by atoms with Gasteiger partial charge in [0, 0.05) is 42.7 Å². The van der Waals surface area contributed by atoms with E-state index in [2.05, 4.69) is 15.0 Å². The molecule has 1 aromatic carbocycles. The molecular weight excluding hydrogens is 366 g/mol. The number of aryl methyl sites for hydroxylation is 1. The highest BCUT2D eigenvalue weighted by Gasteiger charge is 2.45. The van der Waals surface area contributed by atoms with Crippen LogP contribution < -0.4 is 5.56 Å². The number of fused-ring (bicyclic) bond motifs is 2. The van der Waals surface area contributed by atoms with Crippen LogP contribution in [0.15, 0.2) is 53.7 Å². The van der Waals surface area contributed by atoms with Crippen LogP contribution in [0.4, 0.5) is 0 Å². The standard InChI is InChI=1S/C22H21N5O2/c28-20-17(23-10-11-24-20)21(29)27-12-4-8-22(14-27)9-7-16-13-25-19(26-18(16)22)15-5-2-1-3-6-15/h1-3,5-6,10-11,13H,4,7-9,12,14H2,(H,24,28). The number of hydrogen-bond donors (Lipinski definition) is 1. The minimum atomic E-state index is -0.447. The second kappa shape index (κ2) is 6.92. The molecule has 7 heteroatoms. The fourth-order valence-corrected chi connectivity index (χ4v) is 4.62. The van der Waals surface area contributed by atoms with E-state index >= 15 is 0 Å². The van der Waals surface area contributed by atoms with Crippen molar-refractivity contribution in [2.45, 2.75) is 31.1 Å². The summed E-state index contributed by atoms with van der Waals surface area (Å²) in [6.07, 6.45) is 8.52. The number of H-pyrrole nitrogens is 1. The van der Waals surface area contributed by atoms with Gasteiger partial charge in [0.15, 0.2) is 11.5 Å². The first kappa shape index (κ1) is 17.7. The largest absolute Gasteiger partial charge is 0.336 e. The lowest BCUT2D eigenvalue weighted by Crippen LogP contribution is -2.49. The predicted molar refractivity (Wildman–Crippen MR) is 107 cm³/mol. The van der Waals surface area contributed by atoms with E-state index in [1.54, 1.807) is 4.90 Å². The number of piperidine rings is 1. The number of carbonyl (C=O) groups excluding carboxylic acids is 1. The van der Waals surface area contributed by atoms with Crippen molar-refractivity contribution in [1.82, 2.24) is 24.8 Å². The van der Waals surface area contributed by atoms with Crippen molar-refractivity contribution in [2.24, 2.45) is 0 Å². The first-order valence-electron chi connectivity index (χ1n) is 9.91. The number of amides is 1. The van der Waals surface area contributed by atoms with Gasteiger partial charge in [-0.2, -0.15) is 0 Å². The molecule has 2 aromatic heterocycles. The molecule has 1 atom stereocenters. The number of carbonyl (C=O) groups is 1. The van der Waals surface area contributed by atoms with Crippen molar-refractivity contribution in [1.29, 1.82) is 0 Å². The van der Waals surface area contributed by atoms with E-state index in [1.807, 2.05) is 36.5 Å². The molecule has 1 N–H and O–H groups in total. The van der Waals surface area contributed by atoms with Crippen LogP contribution in [0.2, 0.25) is 0 Å². The highest BCUT2D eigenvalue weighted by molar-refractivity contribution is 5.92. The van der Waals surface area contributed by atoms with Gasteiger partial charge < -0.3 is 9.88 Å². The molecule has 7 nitrogen and oxygen atoms in total. The average molecular weight is 387 g/mol. The van der Waals surface area contributed by atoms with Gasteiger partial charge in [0.25, 0.3) is 11.5 Å². The fraction of sp³-hybridized carbons (Fsp3) is 0.318. The van der Waals surface area contributed by atoms with Gasteiger partial charge in [-0.1, -0.05) is 30.3 Å². The predicted octanol–water partition coefficient (Wildman–Crippen LogP) is 2.35. The second-order valence-electron chi connectivity index (χ2n) is 7.81. The number of aromatic nitrogens is 4. The van der Waals surface area contributed by atoms with Gasteiger partial charge in [-0.05, 0) is 31.2 Å². The van der Waals surface area contributed by atoms with Crippen LogP contribution in [-0.4, -0.2) is 43.8 Å². The molecule has 0 bridgehead atoms. The Morgan fingerprint density at radius 2 is 2.00 bits per heavy atom. The Kier molecular flexibility index (Phi) is 4.23. The van der Waals surface area contributed by atoms with E-state index in [0.29, 0.717) is 13.1 Å². The number of nitrogens with one attached hydrogen (secondary N) is 1. The summed E-state index contributed by atoms with van der Waals surface area (Å²) >= 11 is 0. The highest BCUT2D eigenvalue weighted by atomic mass is 16.2. The van der Waals surface area contributed by atoms with E-state index in [9.17, 15) is 9.59 Å². The molecule has 1 fully saturated rings. The van der Waals surface area contributed by atoms with Crippen molar-refractivity contribution < 1.29 is 4.79 Å². The van der Waals surface area contributed by atoms with Gasteiger partial charge in [-0.3, -0.25) is 9.59 Å². The minimum Gasteiger partial charge on any atom is -0.336 e. The lowest BCUT2D eigenvalue weighted by atomic mass is 9.77. The maximum Gasteiger partial charge on any atom is 0.279 e. The highest BCUT2D eigenvalue weighted by Crippen LogP contribution is 2.44. The quantitative estimate of drug-likeness (QED) is 0.729. The molecule has 2 aliphatic rings. The van der Waals surface area contributed by atoms with Crippen LogP contribution in [0.3, 0.4) is 0 Å². The fourth-order valence-electron chi connectivity index (χ4n) is 4.62. The van der Waals surface area contributed by atoms with Crippen molar-refractivity contribution in [3.05, 3.63) is 76.2 Å². The summed E-state index contributed by atoms with van der Waals surface area (Å²) in [6, 6.07) is 9.95. The molecule has 1 unspecified atom stereocenters. The van der Waals surface area contributed by atoms with Crippen LogP contribution in [-0.2, 0) is 11.8 Å². The third-order valence-electron chi connectivity index (χ3n) is 6.05. The molecule has 1 spiro atoms. The average Bonchev–Trinajstić information content (AvgIpc) is 3.11. The minimum absolute atomic E-state index is 0.0459. The van der Waals surface area contributed by atoms with Crippen molar-refractivity contribution in [3.8, 4) is 11.4 Å².